The number of aldehydes is 1. The van der Waals surface area contributed by atoms with Gasteiger partial charge in [0.1, 0.15) is 6.29 Å². The average molecular weight is 415 g/mol. The van der Waals surface area contributed by atoms with Crippen LogP contribution in [-0.4, -0.2) is 45.5 Å². The maximum absolute atomic E-state index is 11.9. The van der Waals surface area contributed by atoms with Crippen molar-refractivity contribution in [2.75, 3.05) is 6.61 Å². The summed E-state index contributed by atoms with van der Waals surface area (Å²) in [5, 5.41) is 0.152. The minimum absolute atomic E-state index is 0.0520. The first-order chi connectivity index (χ1) is 12.8. The fourth-order valence-corrected chi connectivity index (χ4v) is 4.37. The van der Waals surface area contributed by atoms with Gasteiger partial charge < -0.3 is 18.7 Å². The van der Waals surface area contributed by atoms with Gasteiger partial charge in [-0.2, -0.15) is 0 Å². The SMILES string of the molecule is CC(C)(C)C(=O)OCCC[C@H]1C[C@H](O[Si](C)(C)C(C)(C)C)[C@H](CCCC=O)O1. The quantitative estimate of drug-likeness (QED) is 0.211. The highest BCUT2D eigenvalue weighted by Gasteiger charge is 2.44. The Morgan fingerprint density at radius 1 is 1.11 bits per heavy atom. The van der Waals surface area contributed by atoms with Crippen molar-refractivity contribution in [3.8, 4) is 0 Å². The zero-order valence-electron chi connectivity index (χ0n) is 19.3. The lowest BCUT2D eigenvalue weighted by atomic mass is 9.97. The van der Waals surface area contributed by atoms with Crippen LogP contribution in [0.3, 0.4) is 0 Å². The Hall–Kier alpha value is -0.723. The van der Waals surface area contributed by atoms with Crippen LogP contribution >= 0.6 is 0 Å². The highest BCUT2D eigenvalue weighted by molar-refractivity contribution is 6.74. The highest BCUT2D eigenvalue weighted by Crippen LogP contribution is 2.40. The van der Waals surface area contributed by atoms with Gasteiger partial charge in [0, 0.05) is 12.8 Å². The van der Waals surface area contributed by atoms with Crippen molar-refractivity contribution in [3.05, 3.63) is 0 Å². The summed E-state index contributed by atoms with van der Waals surface area (Å²) in [6, 6.07) is 0. The van der Waals surface area contributed by atoms with Crippen LogP contribution < -0.4 is 0 Å². The molecule has 1 rings (SSSR count). The van der Waals surface area contributed by atoms with E-state index in [4.69, 9.17) is 13.9 Å². The number of unbranched alkanes of at least 4 members (excludes halogenated alkanes) is 1. The zero-order chi connectivity index (χ0) is 21.6. The summed E-state index contributed by atoms with van der Waals surface area (Å²) in [5.41, 5.74) is -0.463. The van der Waals surface area contributed by atoms with Gasteiger partial charge in [-0.15, -0.1) is 0 Å². The van der Waals surface area contributed by atoms with Crippen LogP contribution in [0.1, 0.15) is 80.1 Å². The van der Waals surface area contributed by atoms with Gasteiger partial charge >= 0.3 is 5.97 Å². The van der Waals surface area contributed by atoms with Crippen LogP contribution in [0.4, 0.5) is 0 Å². The second-order valence-corrected chi connectivity index (χ2v) is 15.3. The number of hydrogen-bond donors (Lipinski definition) is 0. The Labute approximate surface area is 173 Å². The third kappa shape index (κ3) is 7.95. The van der Waals surface area contributed by atoms with E-state index in [1.165, 1.54) is 0 Å². The minimum Gasteiger partial charge on any atom is -0.465 e. The van der Waals surface area contributed by atoms with Crippen LogP contribution in [0.5, 0.6) is 0 Å². The number of rotatable bonds is 10. The van der Waals surface area contributed by atoms with Crippen LogP contribution in [0.15, 0.2) is 0 Å². The molecule has 6 heteroatoms. The Bertz CT molecular complexity index is 504. The fraction of sp³-hybridized carbons (Fsp3) is 0.909. The van der Waals surface area contributed by atoms with Gasteiger partial charge in [-0.3, -0.25) is 4.79 Å². The molecule has 3 atom stereocenters. The number of esters is 1. The molecular formula is C22H42O5Si. The molecule has 0 bridgehead atoms. The number of carbonyl (C=O) groups is 2. The summed E-state index contributed by atoms with van der Waals surface area (Å²) in [7, 11) is -1.88. The molecule has 28 heavy (non-hydrogen) atoms. The zero-order valence-corrected chi connectivity index (χ0v) is 20.3. The smallest absolute Gasteiger partial charge is 0.311 e. The summed E-state index contributed by atoms with van der Waals surface area (Å²) in [5.74, 6) is -0.161. The van der Waals surface area contributed by atoms with Gasteiger partial charge in [0.25, 0.3) is 0 Å². The minimum atomic E-state index is -1.88. The van der Waals surface area contributed by atoms with E-state index in [-0.39, 0.29) is 29.3 Å². The van der Waals surface area contributed by atoms with Gasteiger partial charge in [0.2, 0.25) is 0 Å². The number of ether oxygens (including phenoxy) is 2. The largest absolute Gasteiger partial charge is 0.465 e. The second-order valence-electron chi connectivity index (χ2n) is 10.6. The lowest BCUT2D eigenvalue weighted by Gasteiger charge is -2.39. The van der Waals surface area contributed by atoms with E-state index < -0.39 is 13.7 Å². The molecule has 1 aliphatic heterocycles. The lowest BCUT2D eigenvalue weighted by molar-refractivity contribution is -0.153. The summed E-state index contributed by atoms with van der Waals surface area (Å²) >= 11 is 0. The standard InChI is InChI=1S/C22H42O5Si/c1-21(2,3)20(24)25-15-11-12-17-16-19(18(26-17)13-9-10-14-23)27-28(7,8)22(4,5)6/h14,17-19H,9-13,15-16H2,1-8H3/t17-,18-,19-/m0/s1. The number of hydrogen-bond acceptors (Lipinski definition) is 5. The monoisotopic (exact) mass is 414 g/mol. The van der Waals surface area contributed by atoms with Crippen molar-refractivity contribution in [3.63, 3.8) is 0 Å². The summed E-state index contributed by atoms with van der Waals surface area (Å²) in [6.45, 7) is 17.3. The van der Waals surface area contributed by atoms with Gasteiger partial charge in [-0.05, 0) is 64.6 Å². The van der Waals surface area contributed by atoms with E-state index >= 15 is 0 Å². The van der Waals surface area contributed by atoms with E-state index in [2.05, 4.69) is 33.9 Å². The molecule has 0 radical (unpaired) electrons. The Morgan fingerprint density at radius 3 is 2.29 bits per heavy atom. The molecule has 1 heterocycles. The van der Waals surface area contributed by atoms with Gasteiger partial charge in [0.15, 0.2) is 8.32 Å². The Balaban J connectivity index is 2.58. The van der Waals surface area contributed by atoms with Crippen molar-refractivity contribution in [1.82, 2.24) is 0 Å². The normalized spacial score (nSPS) is 23.6. The van der Waals surface area contributed by atoms with Gasteiger partial charge in [0.05, 0.1) is 30.3 Å². The molecule has 1 saturated heterocycles. The molecule has 1 fully saturated rings. The summed E-state index contributed by atoms with van der Waals surface area (Å²) in [4.78, 5) is 22.5. The first-order valence-electron chi connectivity index (χ1n) is 10.7. The van der Waals surface area contributed by atoms with Crippen LogP contribution in [0, 0.1) is 5.41 Å². The van der Waals surface area contributed by atoms with Crippen molar-refractivity contribution < 1.29 is 23.5 Å². The maximum atomic E-state index is 11.9. The second kappa shape index (κ2) is 10.3. The van der Waals surface area contributed by atoms with E-state index in [1.807, 2.05) is 20.8 Å². The molecule has 0 aromatic carbocycles. The van der Waals surface area contributed by atoms with Crippen molar-refractivity contribution >= 4 is 20.6 Å². The number of carbonyl (C=O) groups excluding carboxylic acids is 2. The molecular weight excluding hydrogens is 372 g/mol. The first kappa shape index (κ1) is 25.3. The average Bonchev–Trinajstić information content (AvgIpc) is 2.91. The fourth-order valence-electron chi connectivity index (χ4n) is 3.02. The third-order valence-electron chi connectivity index (χ3n) is 5.86. The van der Waals surface area contributed by atoms with Crippen LogP contribution in [0.25, 0.3) is 0 Å². The van der Waals surface area contributed by atoms with E-state index in [0.717, 1.165) is 38.4 Å². The van der Waals surface area contributed by atoms with E-state index in [9.17, 15) is 9.59 Å². The van der Waals surface area contributed by atoms with Crippen LogP contribution in [0.2, 0.25) is 18.1 Å². The summed E-state index contributed by atoms with van der Waals surface area (Å²) < 4.78 is 18.3. The Kier molecular flexibility index (Phi) is 9.36. The molecule has 0 aromatic rings. The van der Waals surface area contributed by atoms with Gasteiger partial charge in [-0.25, -0.2) is 0 Å². The van der Waals surface area contributed by atoms with E-state index in [1.54, 1.807) is 0 Å². The molecule has 164 valence electrons. The predicted octanol–water partition coefficient (Wildman–Crippen LogP) is 5.27. The summed E-state index contributed by atoms with van der Waals surface area (Å²) in [6.07, 6.45) is 6.04. The Morgan fingerprint density at radius 2 is 1.75 bits per heavy atom. The molecule has 0 unspecified atom stereocenters. The third-order valence-corrected chi connectivity index (χ3v) is 10.4. The highest BCUT2D eigenvalue weighted by atomic mass is 28.4. The van der Waals surface area contributed by atoms with Crippen molar-refractivity contribution in [2.24, 2.45) is 5.41 Å². The van der Waals surface area contributed by atoms with Gasteiger partial charge in [-0.1, -0.05) is 20.8 Å². The molecule has 0 aromatic heterocycles. The van der Waals surface area contributed by atoms with Crippen molar-refractivity contribution in [1.29, 1.82) is 0 Å². The van der Waals surface area contributed by atoms with E-state index in [0.29, 0.717) is 13.0 Å². The first-order valence-corrected chi connectivity index (χ1v) is 13.6. The van der Waals surface area contributed by atoms with Crippen LogP contribution in [-0.2, 0) is 23.5 Å². The molecule has 1 aliphatic rings. The molecule has 5 nitrogen and oxygen atoms in total. The molecule has 0 N–H and O–H groups in total. The van der Waals surface area contributed by atoms with Crippen molar-refractivity contribution in [2.45, 2.75) is 117 Å². The topological polar surface area (TPSA) is 61.8 Å². The lowest BCUT2D eigenvalue weighted by Crippen LogP contribution is -2.45. The molecule has 0 amide bonds. The molecule has 0 aliphatic carbocycles. The maximum Gasteiger partial charge on any atom is 0.311 e. The predicted molar refractivity (Wildman–Crippen MR) is 115 cm³/mol. The molecule has 0 saturated carbocycles. The molecule has 0 spiro atoms.